The van der Waals surface area contributed by atoms with Crippen molar-refractivity contribution < 1.29 is 9.59 Å². The smallest absolute Gasteiger partial charge is 0.246 e. The lowest BCUT2D eigenvalue weighted by molar-refractivity contribution is -0.128. The van der Waals surface area contributed by atoms with Crippen LogP contribution in [0.25, 0.3) is 0 Å². The second kappa shape index (κ2) is 4.35. The van der Waals surface area contributed by atoms with Crippen LogP contribution in [0.4, 0.5) is 5.69 Å². The third kappa shape index (κ3) is 2.10. The number of carbonyl (C=O) groups excluding carboxylic acids is 2. The van der Waals surface area contributed by atoms with Crippen molar-refractivity contribution in [3.63, 3.8) is 0 Å². The molecule has 1 aromatic rings. The van der Waals surface area contributed by atoms with Gasteiger partial charge in [-0.3, -0.25) is 9.59 Å². The van der Waals surface area contributed by atoms with Crippen molar-refractivity contribution in [3.05, 3.63) is 29.8 Å². The van der Waals surface area contributed by atoms with Gasteiger partial charge >= 0.3 is 0 Å². The number of benzene rings is 1. The molecule has 0 unspecified atom stereocenters. The van der Waals surface area contributed by atoms with Gasteiger partial charge in [0.05, 0.1) is 6.54 Å². The van der Waals surface area contributed by atoms with Gasteiger partial charge in [0.2, 0.25) is 11.8 Å². The predicted octanol–water partition coefficient (Wildman–Crippen LogP) is 0.140. The van der Waals surface area contributed by atoms with Crippen LogP contribution in [0.2, 0.25) is 0 Å². The quantitative estimate of drug-likeness (QED) is 0.810. The molecule has 1 aliphatic carbocycles. The van der Waals surface area contributed by atoms with E-state index in [-0.39, 0.29) is 30.3 Å². The average molecular weight is 259 g/mol. The van der Waals surface area contributed by atoms with E-state index in [4.69, 9.17) is 5.73 Å². The summed E-state index contributed by atoms with van der Waals surface area (Å²) in [7, 11) is 0. The molecule has 0 bridgehead atoms. The van der Waals surface area contributed by atoms with Crippen molar-refractivity contribution in [1.29, 1.82) is 0 Å². The fraction of sp³-hybridized carbons (Fsp3) is 0.429. The molecule has 3 rings (SSSR count). The van der Waals surface area contributed by atoms with E-state index in [1.54, 1.807) is 0 Å². The standard InChI is InChI=1S/C14H17N3O2/c15-9-14(4-5-14)10-2-1-3-11(6-10)17-8-12(18)16-7-13(17)19/h1-3,6H,4-5,7-9,15H2,(H,16,18). The molecule has 19 heavy (non-hydrogen) atoms. The van der Waals surface area contributed by atoms with E-state index in [0.29, 0.717) is 6.54 Å². The molecule has 2 amide bonds. The SMILES string of the molecule is NCC1(c2cccc(N3CC(=O)NCC3=O)c2)CC1. The molecule has 1 saturated carbocycles. The number of carbonyl (C=O) groups is 2. The zero-order valence-corrected chi connectivity index (χ0v) is 10.7. The Morgan fingerprint density at radius 3 is 2.79 bits per heavy atom. The molecule has 1 heterocycles. The van der Waals surface area contributed by atoms with Gasteiger partial charge in [0.25, 0.3) is 0 Å². The number of piperazine rings is 1. The Bertz CT molecular complexity index is 537. The number of nitrogens with zero attached hydrogens (tertiary/aromatic N) is 1. The first-order valence-electron chi connectivity index (χ1n) is 6.52. The second-order valence-corrected chi connectivity index (χ2v) is 5.29. The molecule has 1 aliphatic heterocycles. The van der Waals surface area contributed by atoms with Crippen molar-refractivity contribution in [2.24, 2.45) is 5.73 Å². The zero-order chi connectivity index (χ0) is 13.5. The molecule has 100 valence electrons. The van der Waals surface area contributed by atoms with Gasteiger partial charge in [-0.2, -0.15) is 0 Å². The molecule has 2 aliphatic rings. The highest BCUT2D eigenvalue weighted by molar-refractivity contribution is 6.04. The zero-order valence-electron chi connectivity index (χ0n) is 10.7. The van der Waals surface area contributed by atoms with Gasteiger partial charge in [-0.15, -0.1) is 0 Å². The van der Waals surface area contributed by atoms with E-state index < -0.39 is 0 Å². The summed E-state index contributed by atoms with van der Waals surface area (Å²) in [6.45, 7) is 0.799. The Balaban J connectivity index is 1.90. The number of hydrogen-bond donors (Lipinski definition) is 2. The lowest BCUT2D eigenvalue weighted by Gasteiger charge is -2.27. The summed E-state index contributed by atoms with van der Waals surface area (Å²) in [5, 5.41) is 2.55. The van der Waals surface area contributed by atoms with Gasteiger partial charge in [-0.25, -0.2) is 0 Å². The van der Waals surface area contributed by atoms with Crippen LogP contribution in [0.1, 0.15) is 18.4 Å². The molecule has 1 aromatic carbocycles. The summed E-state index contributed by atoms with van der Waals surface area (Å²) in [5.74, 6) is -0.195. The molecule has 3 N–H and O–H groups in total. The predicted molar refractivity (Wildman–Crippen MR) is 71.8 cm³/mol. The Morgan fingerprint density at radius 2 is 2.11 bits per heavy atom. The van der Waals surface area contributed by atoms with Crippen LogP contribution >= 0.6 is 0 Å². The highest BCUT2D eigenvalue weighted by atomic mass is 16.2. The van der Waals surface area contributed by atoms with Crippen LogP contribution in [-0.4, -0.2) is 31.4 Å². The summed E-state index contributed by atoms with van der Waals surface area (Å²) >= 11 is 0. The Hall–Kier alpha value is -1.88. The monoisotopic (exact) mass is 259 g/mol. The van der Waals surface area contributed by atoms with E-state index >= 15 is 0 Å². The molecule has 5 nitrogen and oxygen atoms in total. The minimum atomic E-state index is -0.120. The Morgan fingerprint density at radius 1 is 1.32 bits per heavy atom. The minimum absolute atomic E-state index is 0.0745. The molecule has 1 saturated heterocycles. The molecule has 0 atom stereocenters. The lowest BCUT2D eigenvalue weighted by Crippen LogP contribution is -2.51. The summed E-state index contributed by atoms with van der Waals surface area (Å²) < 4.78 is 0. The van der Waals surface area contributed by atoms with Crippen molar-refractivity contribution in [3.8, 4) is 0 Å². The first kappa shape index (κ1) is 12.2. The molecule has 0 aromatic heterocycles. The third-order valence-corrected chi connectivity index (χ3v) is 4.05. The number of amides is 2. The lowest BCUT2D eigenvalue weighted by atomic mass is 9.95. The third-order valence-electron chi connectivity index (χ3n) is 4.05. The first-order chi connectivity index (χ1) is 9.14. The normalized spacial score (nSPS) is 21.2. The molecule has 2 fully saturated rings. The molecule has 0 radical (unpaired) electrons. The molecular weight excluding hydrogens is 242 g/mol. The average Bonchev–Trinajstić information content (AvgIpc) is 3.23. The maximum absolute atomic E-state index is 11.9. The van der Waals surface area contributed by atoms with E-state index in [2.05, 4.69) is 11.4 Å². The topological polar surface area (TPSA) is 75.4 Å². The van der Waals surface area contributed by atoms with Gasteiger partial charge in [0.1, 0.15) is 6.54 Å². The van der Waals surface area contributed by atoms with Gasteiger partial charge < -0.3 is 16.0 Å². The Labute approximate surface area is 111 Å². The maximum atomic E-state index is 11.9. The van der Waals surface area contributed by atoms with Crippen molar-refractivity contribution >= 4 is 17.5 Å². The van der Waals surface area contributed by atoms with E-state index in [1.807, 2.05) is 18.2 Å². The van der Waals surface area contributed by atoms with Crippen molar-refractivity contribution in [2.75, 3.05) is 24.5 Å². The van der Waals surface area contributed by atoms with Gasteiger partial charge in [-0.1, -0.05) is 12.1 Å². The van der Waals surface area contributed by atoms with Crippen LogP contribution in [0.3, 0.4) is 0 Å². The van der Waals surface area contributed by atoms with Crippen LogP contribution in [0.5, 0.6) is 0 Å². The minimum Gasteiger partial charge on any atom is -0.345 e. The summed E-state index contributed by atoms with van der Waals surface area (Å²) in [6.07, 6.45) is 2.20. The largest absolute Gasteiger partial charge is 0.345 e. The maximum Gasteiger partial charge on any atom is 0.246 e. The highest BCUT2D eigenvalue weighted by Crippen LogP contribution is 2.47. The van der Waals surface area contributed by atoms with Crippen molar-refractivity contribution in [2.45, 2.75) is 18.3 Å². The number of anilines is 1. The molecule has 0 spiro atoms. The number of nitrogens with one attached hydrogen (secondary N) is 1. The fourth-order valence-corrected chi connectivity index (χ4v) is 2.56. The molecule has 5 heteroatoms. The van der Waals surface area contributed by atoms with E-state index in [9.17, 15) is 9.59 Å². The second-order valence-electron chi connectivity index (χ2n) is 5.29. The van der Waals surface area contributed by atoms with E-state index in [1.165, 1.54) is 10.5 Å². The van der Waals surface area contributed by atoms with Crippen LogP contribution in [0, 0.1) is 0 Å². The van der Waals surface area contributed by atoms with E-state index in [0.717, 1.165) is 18.5 Å². The number of rotatable bonds is 3. The number of hydrogen-bond acceptors (Lipinski definition) is 3. The summed E-state index contributed by atoms with van der Waals surface area (Å²) in [6, 6.07) is 7.85. The first-order valence-corrected chi connectivity index (χ1v) is 6.52. The summed E-state index contributed by atoms with van der Waals surface area (Å²) in [4.78, 5) is 24.8. The van der Waals surface area contributed by atoms with Gasteiger partial charge in [0, 0.05) is 17.6 Å². The van der Waals surface area contributed by atoms with Crippen LogP contribution in [-0.2, 0) is 15.0 Å². The number of nitrogens with two attached hydrogens (primary N) is 1. The fourth-order valence-electron chi connectivity index (χ4n) is 2.56. The van der Waals surface area contributed by atoms with Crippen LogP contribution in [0.15, 0.2) is 24.3 Å². The summed E-state index contributed by atoms with van der Waals surface area (Å²) in [5.41, 5.74) is 7.89. The van der Waals surface area contributed by atoms with Gasteiger partial charge in [-0.05, 0) is 30.5 Å². The van der Waals surface area contributed by atoms with Crippen LogP contribution < -0.4 is 16.0 Å². The van der Waals surface area contributed by atoms with Crippen molar-refractivity contribution in [1.82, 2.24) is 5.32 Å². The Kier molecular flexibility index (Phi) is 2.78. The highest BCUT2D eigenvalue weighted by Gasteiger charge is 2.43. The van der Waals surface area contributed by atoms with Gasteiger partial charge in [0.15, 0.2) is 0 Å². The molecular formula is C14H17N3O2.